The van der Waals surface area contributed by atoms with Crippen LogP contribution >= 0.6 is 11.3 Å². The predicted octanol–water partition coefficient (Wildman–Crippen LogP) is 4.72. The van der Waals surface area contributed by atoms with Crippen LogP contribution in [0.25, 0.3) is 0 Å². The number of benzene rings is 2. The average Bonchev–Trinajstić information content (AvgIpc) is 3.38. The molecule has 1 saturated heterocycles. The van der Waals surface area contributed by atoms with Gasteiger partial charge in [-0.05, 0) is 53.1 Å². The van der Waals surface area contributed by atoms with Crippen molar-refractivity contribution in [3.63, 3.8) is 0 Å². The first-order valence-corrected chi connectivity index (χ1v) is 13.7. The summed E-state index contributed by atoms with van der Waals surface area (Å²) in [5, 5.41) is 5.13. The zero-order chi connectivity index (χ0) is 24.3. The second-order valence-corrected chi connectivity index (χ2v) is 11.7. The topological polar surface area (TPSA) is 75.7 Å². The fraction of sp³-hybridized carbons (Fsp3) is 0.346. The summed E-state index contributed by atoms with van der Waals surface area (Å²) in [6, 6.07) is 16.7. The molecule has 0 bridgehead atoms. The maximum Gasteiger partial charge on any atom is 0.252 e. The molecule has 4 rings (SSSR count). The van der Waals surface area contributed by atoms with E-state index in [0.717, 1.165) is 16.0 Å². The van der Waals surface area contributed by atoms with Crippen LogP contribution in [0.1, 0.15) is 57.7 Å². The normalized spacial score (nSPS) is 15.9. The molecule has 2 heterocycles. The smallest absolute Gasteiger partial charge is 0.252 e. The minimum Gasteiger partial charge on any atom is -0.379 e. The van der Waals surface area contributed by atoms with E-state index < -0.39 is 10.0 Å². The molecular weight excluding hydrogens is 468 g/mol. The molecule has 3 aromatic rings. The fourth-order valence-electron chi connectivity index (χ4n) is 4.00. The summed E-state index contributed by atoms with van der Waals surface area (Å²) in [4.78, 5) is 14.6. The Kier molecular flexibility index (Phi) is 7.52. The molecule has 34 heavy (non-hydrogen) atoms. The van der Waals surface area contributed by atoms with Crippen molar-refractivity contribution in [2.24, 2.45) is 0 Å². The van der Waals surface area contributed by atoms with Gasteiger partial charge in [0.25, 0.3) is 5.91 Å². The number of carbonyl (C=O) groups excluding carboxylic acids is 1. The lowest BCUT2D eigenvalue weighted by Gasteiger charge is -2.26. The number of thiophene rings is 1. The second-order valence-electron chi connectivity index (χ2n) is 8.74. The highest BCUT2D eigenvalue weighted by Gasteiger charge is 2.28. The Labute approximate surface area is 205 Å². The average molecular weight is 499 g/mol. The van der Waals surface area contributed by atoms with Crippen LogP contribution in [-0.2, 0) is 14.8 Å². The first-order valence-electron chi connectivity index (χ1n) is 11.4. The van der Waals surface area contributed by atoms with Crippen molar-refractivity contribution in [2.45, 2.75) is 37.6 Å². The Hall–Kier alpha value is -2.52. The van der Waals surface area contributed by atoms with Crippen LogP contribution in [0.3, 0.4) is 0 Å². The molecule has 6 nitrogen and oxygen atoms in total. The van der Waals surface area contributed by atoms with Crippen molar-refractivity contribution < 1.29 is 17.9 Å². The van der Waals surface area contributed by atoms with Crippen molar-refractivity contribution in [2.75, 3.05) is 26.3 Å². The number of sulfonamides is 1. The lowest BCUT2D eigenvalue weighted by molar-refractivity contribution is 0.0730. The van der Waals surface area contributed by atoms with E-state index in [1.54, 1.807) is 23.5 Å². The highest BCUT2D eigenvalue weighted by Crippen LogP contribution is 2.29. The molecular formula is C26H30N2O4S2. The van der Waals surface area contributed by atoms with E-state index >= 15 is 0 Å². The molecule has 1 fully saturated rings. The minimum absolute atomic E-state index is 0.124. The van der Waals surface area contributed by atoms with Crippen LogP contribution in [0.4, 0.5) is 0 Å². The third-order valence-electron chi connectivity index (χ3n) is 6.10. The lowest BCUT2D eigenvalue weighted by atomic mass is 9.98. The number of carbonyl (C=O) groups is 1. The predicted molar refractivity (Wildman–Crippen MR) is 135 cm³/mol. The molecule has 1 aliphatic heterocycles. The molecule has 1 N–H and O–H groups in total. The highest BCUT2D eigenvalue weighted by molar-refractivity contribution is 7.89. The van der Waals surface area contributed by atoms with Gasteiger partial charge in [-0.3, -0.25) is 4.79 Å². The van der Waals surface area contributed by atoms with Crippen molar-refractivity contribution in [1.82, 2.24) is 9.62 Å². The molecule has 0 unspecified atom stereocenters. The van der Waals surface area contributed by atoms with Crippen LogP contribution in [0.2, 0.25) is 0 Å². The second kappa shape index (κ2) is 10.4. The largest absolute Gasteiger partial charge is 0.379 e. The number of ether oxygens (including phenoxy) is 1. The summed E-state index contributed by atoms with van der Waals surface area (Å²) in [5.41, 5.74) is 3.29. The van der Waals surface area contributed by atoms with E-state index in [2.05, 4.69) is 31.3 Å². The number of nitrogens with one attached hydrogen (secondary N) is 1. The summed E-state index contributed by atoms with van der Waals surface area (Å²) >= 11 is 1.57. The maximum absolute atomic E-state index is 13.4. The van der Waals surface area contributed by atoms with Gasteiger partial charge in [-0.25, -0.2) is 8.42 Å². The number of aryl methyl sites for hydroxylation is 1. The quantitative estimate of drug-likeness (QED) is 0.511. The number of nitrogens with zero attached hydrogens (tertiary/aromatic N) is 1. The Balaban J connectivity index is 1.63. The molecule has 0 spiro atoms. The van der Waals surface area contributed by atoms with Crippen LogP contribution in [-0.4, -0.2) is 44.9 Å². The first-order chi connectivity index (χ1) is 16.3. The Morgan fingerprint density at radius 3 is 2.32 bits per heavy atom. The molecule has 0 radical (unpaired) electrons. The summed E-state index contributed by atoms with van der Waals surface area (Å²) in [5.74, 6) is 0.116. The SMILES string of the molecule is Cc1ccc(S(=O)(=O)N2CCOCC2)cc1C(=O)N[C@H](c1ccc(C(C)C)cc1)c1cccs1. The molecule has 0 aliphatic carbocycles. The van der Waals surface area contributed by atoms with Crippen LogP contribution in [0.15, 0.2) is 64.9 Å². The summed E-state index contributed by atoms with van der Waals surface area (Å²) in [7, 11) is -3.70. The molecule has 1 amide bonds. The molecule has 0 saturated carbocycles. The van der Waals surface area contributed by atoms with Crippen molar-refractivity contribution in [3.05, 3.63) is 87.1 Å². The molecule has 2 aromatic carbocycles. The molecule has 1 aliphatic rings. The summed E-state index contributed by atoms with van der Waals surface area (Å²) < 4.78 is 33.0. The van der Waals surface area contributed by atoms with Gasteiger partial charge in [0.15, 0.2) is 0 Å². The van der Waals surface area contributed by atoms with E-state index in [-0.39, 0.29) is 16.8 Å². The number of hydrogen-bond acceptors (Lipinski definition) is 5. The van der Waals surface area contributed by atoms with Crippen molar-refractivity contribution in [3.8, 4) is 0 Å². The van der Waals surface area contributed by atoms with Gasteiger partial charge in [0.05, 0.1) is 24.2 Å². The summed E-state index contributed by atoms with van der Waals surface area (Å²) in [6.07, 6.45) is 0. The van der Waals surface area contributed by atoms with Crippen LogP contribution in [0, 0.1) is 6.92 Å². The fourth-order valence-corrected chi connectivity index (χ4v) is 6.24. The van der Waals surface area contributed by atoms with Crippen molar-refractivity contribution in [1.29, 1.82) is 0 Å². The molecule has 1 aromatic heterocycles. The van der Waals surface area contributed by atoms with E-state index in [9.17, 15) is 13.2 Å². The lowest BCUT2D eigenvalue weighted by Crippen LogP contribution is -2.40. The molecule has 8 heteroatoms. The minimum atomic E-state index is -3.70. The van der Waals surface area contributed by atoms with Gasteiger partial charge >= 0.3 is 0 Å². The van der Waals surface area contributed by atoms with E-state index in [4.69, 9.17) is 4.74 Å². The van der Waals surface area contributed by atoms with Gasteiger partial charge in [-0.15, -0.1) is 11.3 Å². The number of morpholine rings is 1. The van der Waals surface area contributed by atoms with Gasteiger partial charge in [0.2, 0.25) is 10.0 Å². The van der Waals surface area contributed by atoms with E-state index in [1.165, 1.54) is 15.9 Å². The zero-order valence-electron chi connectivity index (χ0n) is 19.7. The van der Waals surface area contributed by atoms with Gasteiger partial charge in [0.1, 0.15) is 0 Å². The maximum atomic E-state index is 13.4. The van der Waals surface area contributed by atoms with Gasteiger partial charge in [0, 0.05) is 23.5 Å². The zero-order valence-corrected chi connectivity index (χ0v) is 21.3. The third kappa shape index (κ3) is 5.25. The number of hydrogen-bond donors (Lipinski definition) is 1. The standard InChI is InChI=1S/C26H30N2O4S2/c1-18(2)20-7-9-21(10-8-20)25(24-5-4-16-33-24)27-26(29)23-17-22(11-6-19(23)3)34(30,31)28-12-14-32-15-13-28/h4-11,16-18,25H,12-15H2,1-3H3,(H,27,29)/t25-/m1/s1. The van der Waals surface area contributed by atoms with Crippen molar-refractivity contribution >= 4 is 27.3 Å². The highest BCUT2D eigenvalue weighted by atomic mass is 32.2. The monoisotopic (exact) mass is 498 g/mol. The van der Waals surface area contributed by atoms with Crippen LogP contribution in [0.5, 0.6) is 0 Å². The Morgan fingerprint density at radius 2 is 1.71 bits per heavy atom. The van der Waals surface area contributed by atoms with Crippen LogP contribution < -0.4 is 5.32 Å². The molecule has 1 atom stereocenters. The first kappa shape index (κ1) is 24.6. The van der Waals surface area contributed by atoms with Gasteiger partial charge < -0.3 is 10.1 Å². The summed E-state index contributed by atoms with van der Waals surface area (Å²) in [6.45, 7) is 7.47. The van der Waals surface area contributed by atoms with E-state index in [0.29, 0.717) is 37.8 Å². The van der Waals surface area contributed by atoms with E-state index in [1.807, 2.05) is 36.6 Å². The molecule has 180 valence electrons. The number of rotatable bonds is 7. The Morgan fingerprint density at radius 1 is 1.03 bits per heavy atom. The van der Waals surface area contributed by atoms with Gasteiger partial charge in [-0.2, -0.15) is 4.31 Å². The number of amides is 1. The third-order valence-corrected chi connectivity index (χ3v) is 8.93. The van der Waals surface area contributed by atoms with Gasteiger partial charge in [-0.1, -0.05) is 50.2 Å². The Bertz CT molecular complexity index is 1230.